The van der Waals surface area contributed by atoms with Gasteiger partial charge in [-0.1, -0.05) is 12.1 Å². The third kappa shape index (κ3) is 5.03. The second-order valence-electron chi connectivity index (χ2n) is 4.33. The predicted octanol–water partition coefficient (Wildman–Crippen LogP) is 2.94. The molecule has 0 amide bonds. The van der Waals surface area contributed by atoms with Gasteiger partial charge in [-0.25, -0.2) is 9.37 Å². The second kappa shape index (κ2) is 8.23. The van der Waals surface area contributed by atoms with Crippen LogP contribution >= 0.6 is 12.2 Å². The second-order valence-corrected chi connectivity index (χ2v) is 4.71. The molecule has 2 aromatic rings. The molecule has 0 unspecified atom stereocenters. The van der Waals surface area contributed by atoms with Crippen LogP contribution in [0.4, 0.5) is 10.2 Å². The van der Waals surface area contributed by atoms with Crippen LogP contribution in [0.5, 0.6) is 11.8 Å². The van der Waals surface area contributed by atoms with Crippen molar-refractivity contribution in [3.05, 3.63) is 41.8 Å². The van der Waals surface area contributed by atoms with Crippen LogP contribution in [0, 0.1) is 5.82 Å². The summed E-state index contributed by atoms with van der Waals surface area (Å²) in [5, 5.41) is 2.58. The molecule has 1 aromatic heterocycles. The quantitative estimate of drug-likeness (QED) is 0.813. The monoisotopic (exact) mass is 337 g/mol. The molecule has 122 valence electrons. The molecular weight excluding hydrogens is 321 g/mol. The van der Waals surface area contributed by atoms with Crippen LogP contribution in [-0.4, -0.2) is 28.9 Å². The minimum absolute atomic E-state index is 0.0241. The predicted molar refractivity (Wildman–Crippen MR) is 87.2 cm³/mol. The molecule has 1 aromatic carbocycles. The zero-order valence-corrected chi connectivity index (χ0v) is 13.5. The number of nitrogens with one attached hydrogen (secondary N) is 1. The Labute approximate surface area is 138 Å². The van der Waals surface area contributed by atoms with Crippen molar-refractivity contribution < 1.29 is 18.6 Å². The molecule has 0 bridgehead atoms. The minimum Gasteiger partial charge on any atom is -0.497 e. The Balaban J connectivity index is 2.03. The normalized spacial score (nSPS) is 10.0. The fourth-order valence-electron chi connectivity index (χ4n) is 1.68. The lowest BCUT2D eigenvalue weighted by atomic mass is 10.2. The van der Waals surface area contributed by atoms with E-state index in [0.29, 0.717) is 6.61 Å². The van der Waals surface area contributed by atoms with E-state index >= 15 is 0 Å². The van der Waals surface area contributed by atoms with Gasteiger partial charge in [-0.15, -0.1) is 0 Å². The minimum atomic E-state index is -0.652. The number of thiocarbonyl (C=S) groups is 1. The maximum Gasteiger partial charge on any atom is 0.318 e. The maximum atomic E-state index is 13.7. The standard InChI is InChI=1S/C15H16FN3O3S/c1-3-21-15(23)19-13-12(16)8-17-14(18-13)22-9-10-5-4-6-11(7-10)20-2/h4-8H,3,9H2,1-2H3,(H,17,18,19,23). The summed E-state index contributed by atoms with van der Waals surface area (Å²) in [4.78, 5) is 7.72. The number of hydrogen-bond acceptors (Lipinski definition) is 6. The largest absolute Gasteiger partial charge is 0.497 e. The molecule has 1 N–H and O–H groups in total. The van der Waals surface area contributed by atoms with Crippen molar-refractivity contribution in [1.29, 1.82) is 0 Å². The smallest absolute Gasteiger partial charge is 0.318 e. The third-order valence-electron chi connectivity index (χ3n) is 2.72. The molecule has 23 heavy (non-hydrogen) atoms. The summed E-state index contributed by atoms with van der Waals surface area (Å²) in [5.74, 6) is -0.0320. The fraction of sp³-hybridized carbons (Fsp3) is 0.267. The van der Waals surface area contributed by atoms with Gasteiger partial charge in [-0.05, 0) is 36.8 Å². The summed E-state index contributed by atoms with van der Waals surface area (Å²) in [6, 6.07) is 7.39. The van der Waals surface area contributed by atoms with Crippen LogP contribution < -0.4 is 14.8 Å². The summed E-state index contributed by atoms with van der Waals surface area (Å²) in [5.41, 5.74) is 0.872. The lowest BCUT2D eigenvalue weighted by Crippen LogP contribution is -2.15. The van der Waals surface area contributed by atoms with Crippen LogP contribution in [0.25, 0.3) is 0 Å². The molecule has 0 radical (unpaired) electrons. The Kier molecular flexibility index (Phi) is 6.04. The highest BCUT2D eigenvalue weighted by atomic mass is 32.1. The summed E-state index contributed by atoms with van der Waals surface area (Å²) < 4.78 is 29.3. The Morgan fingerprint density at radius 2 is 2.22 bits per heavy atom. The molecule has 0 fully saturated rings. The molecular formula is C15H16FN3O3S. The summed E-state index contributed by atoms with van der Waals surface area (Å²) in [7, 11) is 1.59. The molecule has 0 saturated heterocycles. The highest BCUT2D eigenvalue weighted by Gasteiger charge is 2.10. The highest BCUT2D eigenvalue weighted by molar-refractivity contribution is 7.80. The van der Waals surface area contributed by atoms with E-state index in [1.807, 2.05) is 24.3 Å². The van der Waals surface area contributed by atoms with Crippen LogP contribution in [0.15, 0.2) is 30.5 Å². The lowest BCUT2D eigenvalue weighted by molar-refractivity contribution is 0.279. The van der Waals surface area contributed by atoms with E-state index in [1.165, 1.54) is 0 Å². The molecule has 2 rings (SSSR count). The maximum absolute atomic E-state index is 13.7. The van der Waals surface area contributed by atoms with Crippen LogP contribution in [0.3, 0.4) is 0 Å². The van der Waals surface area contributed by atoms with Gasteiger partial charge in [0.05, 0.1) is 19.9 Å². The van der Waals surface area contributed by atoms with Crippen molar-refractivity contribution in [2.24, 2.45) is 0 Å². The van der Waals surface area contributed by atoms with Gasteiger partial charge >= 0.3 is 6.01 Å². The van der Waals surface area contributed by atoms with E-state index in [0.717, 1.165) is 17.5 Å². The Bertz CT molecular complexity index is 685. The van der Waals surface area contributed by atoms with Gasteiger partial charge in [0.15, 0.2) is 11.6 Å². The first-order valence-corrected chi connectivity index (χ1v) is 7.25. The average Bonchev–Trinajstić information content (AvgIpc) is 2.56. The topological polar surface area (TPSA) is 65.5 Å². The Morgan fingerprint density at radius 1 is 1.39 bits per heavy atom. The first-order valence-electron chi connectivity index (χ1n) is 6.84. The van der Waals surface area contributed by atoms with Gasteiger partial charge in [-0.3, -0.25) is 5.32 Å². The average molecular weight is 337 g/mol. The van der Waals surface area contributed by atoms with E-state index in [1.54, 1.807) is 14.0 Å². The third-order valence-corrected chi connectivity index (χ3v) is 2.94. The van der Waals surface area contributed by atoms with E-state index in [9.17, 15) is 4.39 Å². The molecule has 1 heterocycles. The van der Waals surface area contributed by atoms with Gasteiger partial charge in [0.1, 0.15) is 12.4 Å². The number of rotatable bonds is 6. The first kappa shape index (κ1) is 16.9. The van der Waals surface area contributed by atoms with Gasteiger partial charge in [0.2, 0.25) is 0 Å². The number of nitrogens with zero attached hydrogens (tertiary/aromatic N) is 2. The number of aromatic nitrogens is 2. The van der Waals surface area contributed by atoms with Crippen molar-refractivity contribution in [1.82, 2.24) is 9.97 Å². The summed E-state index contributed by atoms with van der Waals surface area (Å²) in [6.45, 7) is 2.36. The van der Waals surface area contributed by atoms with Crippen molar-refractivity contribution in [3.63, 3.8) is 0 Å². The number of ether oxygens (including phenoxy) is 3. The van der Waals surface area contributed by atoms with Crippen molar-refractivity contribution in [3.8, 4) is 11.8 Å². The van der Waals surface area contributed by atoms with Crippen LogP contribution in [0.2, 0.25) is 0 Å². The van der Waals surface area contributed by atoms with Crippen LogP contribution in [0.1, 0.15) is 12.5 Å². The number of methoxy groups -OCH3 is 1. The zero-order chi connectivity index (χ0) is 16.7. The van der Waals surface area contributed by atoms with Crippen molar-refractivity contribution in [2.75, 3.05) is 19.0 Å². The molecule has 0 spiro atoms. The van der Waals surface area contributed by atoms with Gasteiger partial charge in [0, 0.05) is 0 Å². The first-order chi connectivity index (χ1) is 11.1. The van der Waals surface area contributed by atoms with Crippen molar-refractivity contribution >= 4 is 23.2 Å². The number of benzene rings is 1. The number of anilines is 1. The van der Waals surface area contributed by atoms with Crippen molar-refractivity contribution in [2.45, 2.75) is 13.5 Å². The van der Waals surface area contributed by atoms with Gasteiger partial charge < -0.3 is 14.2 Å². The van der Waals surface area contributed by atoms with E-state index in [2.05, 4.69) is 15.3 Å². The van der Waals surface area contributed by atoms with E-state index in [-0.39, 0.29) is 23.6 Å². The molecule has 6 nitrogen and oxygen atoms in total. The molecule has 0 saturated carbocycles. The van der Waals surface area contributed by atoms with E-state index in [4.69, 9.17) is 26.4 Å². The molecule has 8 heteroatoms. The highest BCUT2D eigenvalue weighted by Crippen LogP contribution is 2.17. The SMILES string of the molecule is CCOC(=S)Nc1nc(OCc2cccc(OC)c2)ncc1F. The molecule has 0 aliphatic heterocycles. The van der Waals surface area contributed by atoms with Gasteiger partial charge in [0.25, 0.3) is 5.17 Å². The zero-order valence-electron chi connectivity index (χ0n) is 12.7. The van der Waals surface area contributed by atoms with Gasteiger partial charge in [-0.2, -0.15) is 4.98 Å². The molecule has 0 aliphatic rings. The number of halogens is 1. The lowest BCUT2D eigenvalue weighted by Gasteiger charge is -2.10. The summed E-state index contributed by atoms with van der Waals surface area (Å²) >= 11 is 4.89. The summed E-state index contributed by atoms with van der Waals surface area (Å²) in [6.07, 6.45) is 1.00. The molecule has 0 aliphatic carbocycles. The molecule has 0 atom stereocenters. The van der Waals surface area contributed by atoms with Crippen LogP contribution in [-0.2, 0) is 11.3 Å². The Morgan fingerprint density at radius 3 is 2.96 bits per heavy atom. The number of hydrogen-bond donors (Lipinski definition) is 1. The fourth-order valence-corrected chi connectivity index (χ4v) is 1.90. The Hall–Kier alpha value is -2.48. The van der Waals surface area contributed by atoms with E-state index < -0.39 is 5.82 Å².